The predicted molar refractivity (Wildman–Crippen MR) is 91.8 cm³/mol. The van der Waals surface area contributed by atoms with Crippen molar-refractivity contribution in [2.24, 2.45) is 0 Å². The molecular weight excluding hydrogens is 280 g/mol. The normalized spacial score (nSPS) is 13.6. The number of allylic oxidation sites excluding steroid dienone is 4. The summed E-state index contributed by atoms with van der Waals surface area (Å²) >= 11 is 0. The van der Waals surface area contributed by atoms with Gasteiger partial charge in [-0.25, -0.2) is 4.79 Å². The van der Waals surface area contributed by atoms with Gasteiger partial charge >= 0.3 is 5.97 Å². The summed E-state index contributed by atoms with van der Waals surface area (Å²) in [7, 11) is -0.256. The fourth-order valence-corrected chi connectivity index (χ4v) is 2.17. The molecule has 120 valence electrons. The highest BCUT2D eigenvalue weighted by atomic mass is 28.4. The molecule has 0 aliphatic heterocycles. The summed E-state index contributed by atoms with van der Waals surface area (Å²) in [5, 5.41) is 0.253. The number of carbonyl (C=O) groups is 1. The first kappa shape index (κ1) is 19.9. The molecule has 0 amide bonds. The van der Waals surface area contributed by atoms with Gasteiger partial charge in [-0.3, -0.25) is 0 Å². The molecule has 0 saturated heterocycles. The van der Waals surface area contributed by atoms with E-state index in [4.69, 9.17) is 4.43 Å². The highest BCUT2D eigenvalue weighted by Crippen LogP contribution is 2.36. The Morgan fingerprint density at radius 2 is 1.62 bits per heavy atom. The highest BCUT2D eigenvalue weighted by Gasteiger charge is 2.36. The monoisotopic (exact) mass is 310 g/mol. The van der Waals surface area contributed by atoms with Crippen molar-refractivity contribution in [2.45, 2.75) is 51.7 Å². The third-order valence-corrected chi connectivity index (χ3v) is 8.19. The molecule has 3 nitrogen and oxygen atoms in total. The van der Waals surface area contributed by atoms with Crippen LogP contribution in [-0.4, -0.2) is 28.0 Å². The van der Waals surface area contributed by atoms with E-state index in [1.807, 2.05) is 24.3 Å². The van der Waals surface area contributed by atoms with Gasteiger partial charge in [-0.1, -0.05) is 51.2 Å². The standard InChI is InChI=1S/C17H30O3Si/c1-17(2,3)21(5,6)20-15-13-11-9-7-8-10-12-14-16(18)19-4/h7,9,11-14H,8,10,15H2,1-6H3/b9-7+,13-11-,14-12+. The lowest BCUT2D eigenvalue weighted by molar-refractivity contribution is -0.134. The topological polar surface area (TPSA) is 35.5 Å². The van der Waals surface area contributed by atoms with E-state index in [1.54, 1.807) is 0 Å². The lowest BCUT2D eigenvalue weighted by atomic mass is 10.2. The summed E-state index contributed by atoms with van der Waals surface area (Å²) in [4.78, 5) is 10.8. The molecule has 0 unspecified atom stereocenters. The molecular formula is C17H30O3Si. The lowest BCUT2D eigenvalue weighted by Crippen LogP contribution is -2.40. The van der Waals surface area contributed by atoms with E-state index in [0.717, 1.165) is 12.8 Å². The number of carbonyl (C=O) groups excluding carboxylic acids is 1. The minimum absolute atomic E-state index is 0.253. The van der Waals surface area contributed by atoms with E-state index >= 15 is 0 Å². The van der Waals surface area contributed by atoms with Gasteiger partial charge in [-0.15, -0.1) is 0 Å². The number of hydrogen-bond donors (Lipinski definition) is 0. The van der Waals surface area contributed by atoms with Crippen LogP contribution in [0.15, 0.2) is 36.5 Å². The van der Waals surface area contributed by atoms with E-state index in [1.165, 1.54) is 13.2 Å². The molecule has 0 aromatic heterocycles. The fraction of sp³-hybridized carbons (Fsp3) is 0.588. The Balaban J connectivity index is 3.85. The summed E-state index contributed by atoms with van der Waals surface area (Å²) in [5.74, 6) is -0.304. The number of ether oxygens (including phenoxy) is 1. The Morgan fingerprint density at radius 1 is 1.05 bits per heavy atom. The quantitative estimate of drug-likeness (QED) is 0.215. The Bertz CT molecular complexity index is 387. The third-order valence-electron chi connectivity index (χ3n) is 3.68. The van der Waals surface area contributed by atoms with Gasteiger partial charge in [0.15, 0.2) is 8.32 Å². The van der Waals surface area contributed by atoms with E-state index in [0.29, 0.717) is 6.61 Å². The first-order chi connectivity index (χ1) is 9.70. The van der Waals surface area contributed by atoms with Gasteiger partial charge in [0.05, 0.1) is 13.7 Å². The Labute approximate surface area is 130 Å². The van der Waals surface area contributed by atoms with Crippen LogP contribution in [-0.2, 0) is 14.0 Å². The zero-order valence-corrected chi connectivity index (χ0v) is 15.3. The number of hydrogen-bond acceptors (Lipinski definition) is 3. The molecule has 0 bridgehead atoms. The van der Waals surface area contributed by atoms with Crippen LogP contribution in [0.5, 0.6) is 0 Å². The minimum atomic E-state index is -1.63. The Hall–Kier alpha value is -1.13. The first-order valence-electron chi connectivity index (χ1n) is 7.41. The van der Waals surface area contributed by atoms with Crippen LogP contribution >= 0.6 is 0 Å². The zero-order chi connectivity index (χ0) is 16.4. The van der Waals surface area contributed by atoms with Gasteiger partial charge in [0.2, 0.25) is 0 Å². The molecule has 0 aromatic carbocycles. The molecule has 0 aliphatic carbocycles. The van der Waals surface area contributed by atoms with Gasteiger partial charge in [0.25, 0.3) is 0 Å². The van der Waals surface area contributed by atoms with Gasteiger partial charge in [0, 0.05) is 6.08 Å². The first-order valence-corrected chi connectivity index (χ1v) is 10.3. The highest BCUT2D eigenvalue weighted by molar-refractivity contribution is 6.74. The SMILES string of the molecule is COC(=O)/C=C/CC/C=C/C=C\CO[Si](C)(C)C(C)(C)C. The number of esters is 1. The largest absolute Gasteiger partial charge is 0.466 e. The van der Waals surface area contributed by atoms with Crippen LogP contribution in [0.25, 0.3) is 0 Å². The molecule has 0 saturated carbocycles. The predicted octanol–water partition coefficient (Wildman–Crippen LogP) is 4.63. The van der Waals surface area contributed by atoms with E-state index in [2.05, 4.69) is 44.7 Å². The third kappa shape index (κ3) is 9.42. The summed E-state index contributed by atoms with van der Waals surface area (Å²) in [5.41, 5.74) is 0. The molecule has 0 rings (SSSR count). The summed E-state index contributed by atoms with van der Waals surface area (Å²) in [6, 6.07) is 0. The van der Waals surface area contributed by atoms with E-state index in [9.17, 15) is 4.79 Å². The Kier molecular flexibility index (Phi) is 9.21. The fourth-order valence-electron chi connectivity index (χ4n) is 1.22. The van der Waals surface area contributed by atoms with Gasteiger partial charge in [-0.05, 0) is 31.0 Å². The summed E-state index contributed by atoms with van der Waals surface area (Å²) < 4.78 is 10.5. The van der Waals surface area contributed by atoms with Crippen LogP contribution in [0.2, 0.25) is 18.1 Å². The minimum Gasteiger partial charge on any atom is -0.466 e. The van der Waals surface area contributed by atoms with Crippen molar-refractivity contribution in [3.8, 4) is 0 Å². The van der Waals surface area contributed by atoms with Crippen molar-refractivity contribution in [2.75, 3.05) is 13.7 Å². The van der Waals surface area contributed by atoms with Crippen molar-refractivity contribution in [3.63, 3.8) is 0 Å². The molecule has 4 heteroatoms. The molecule has 21 heavy (non-hydrogen) atoms. The second kappa shape index (κ2) is 9.74. The van der Waals surface area contributed by atoms with Crippen LogP contribution in [0, 0.1) is 0 Å². The average molecular weight is 311 g/mol. The summed E-state index contributed by atoms with van der Waals surface area (Å²) in [6.45, 7) is 11.9. The van der Waals surface area contributed by atoms with Crippen LogP contribution in [0.4, 0.5) is 0 Å². The summed E-state index contributed by atoms with van der Waals surface area (Å²) in [6.07, 6.45) is 13.2. The molecule has 0 aromatic rings. The number of methoxy groups -OCH3 is 1. The maximum atomic E-state index is 10.8. The van der Waals surface area contributed by atoms with Gasteiger partial charge < -0.3 is 9.16 Å². The molecule has 0 spiro atoms. The average Bonchev–Trinajstić information content (AvgIpc) is 2.39. The van der Waals surface area contributed by atoms with Crippen molar-refractivity contribution >= 4 is 14.3 Å². The van der Waals surface area contributed by atoms with Crippen LogP contribution < -0.4 is 0 Å². The smallest absolute Gasteiger partial charge is 0.330 e. The molecule has 0 N–H and O–H groups in total. The second-order valence-electron chi connectivity index (χ2n) is 6.43. The van der Waals surface area contributed by atoms with Crippen LogP contribution in [0.3, 0.4) is 0 Å². The number of rotatable bonds is 8. The van der Waals surface area contributed by atoms with E-state index < -0.39 is 8.32 Å². The Morgan fingerprint density at radius 3 is 2.19 bits per heavy atom. The zero-order valence-electron chi connectivity index (χ0n) is 14.3. The lowest BCUT2D eigenvalue weighted by Gasteiger charge is -2.35. The molecule has 0 atom stereocenters. The molecule has 0 aliphatic rings. The van der Waals surface area contributed by atoms with E-state index in [-0.39, 0.29) is 11.0 Å². The number of unbranched alkanes of at least 4 members (excludes halogenated alkanes) is 1. The maximum absolute atomic E-state index is 10.8. The maximum Gasteiger partial charge on any atom is 0.330 e. The van der Waals surface area contributed by atoms with Crippen molar-refractivity contribution in [1.82, 2.24) is 0 Å². The molecule has 0 fully saturated rings. The van der Waals surface area contributed by atoms with Crippen molar-refractivity contribution < 1.29 is 14.0 Å². The molecule has 0 heterocycles. The van der Waals surface area contributed by atoms with Gasteiger partial charge in [0.1, 0.15) is 0 Å². The van der Waals surface area contributed by atoms with Crippen molar-refractivity contribution in [1.29, 1.82) is 0 Å². The molecule has 0 radical (unpaired) electrons. The van der Waals surface area contributed by atoms with Crippen molar-refractivity contribution in [3.05, 3.63) is 36.5 Å². The van der Waals surface area contributed by atoms with Gasteiger partial charge in [-0.2, -0.15) is 0 Å². The second-order valence-corrected chi connectivity index (χ2v) is 11.2. The van der Waals surface area contributed by atoms with Crippen LogP contribution in [0.1, 0.15) is 33.6 Å².